The molecule has 5 aliphatic rings. The average Bonchev–Trinajstić information content (AvgIpc) is 2.82. The standard InChI is InChI=1S/C31H41NO4/c1-18-20-8-9-29(5)23(28(20,4)15-19(17-32)25(18)34)14-22(33)24-21-16-27(2,3)10-12-31(21,26(35)36-7)13-11-30(24,29)6/h14-15,18,20-21,24H,8-13,16H2,1-7H3/t18-,20-,21+,24?,28-,29+,30+,31-/m0/s1. The lowest BCUT2D eigenvalue weighted by molar-refractivity contribution is -0.190. The summed E-state index contributed by atoms with van der Waals surface area (Å²) in [5.41, 5.74) is -0.249. The quantitative estimate of drug-likeness (QED) is 0.421. The summed E-state index contributed by atoms with van der Waals surface area (Å²) in [6.07, 6.45) is 9.70. The van der Waals surface area contributed by atoms with Crippen molar-refractivity contribution in [3.63, 3.8) is 0 Å². The second-order valence-electron chi connectivity index (χ2n) is 14.1. The van der Waals surface area contributed by atoms with Gasteiger partial charge >= 0.3 is 5.97 Å². The summed E-state index contributed by atoms with van der Waals surface area (Å²) in [6.45, 7) is 13.2. The van der Waals surface area contributed by atoms with E-state index in [1.165, 1.54) is 7.11 Å². The maximum Gasteiger partial charge on any atom is 0.312 e. The number of nitrogens with zero attached hydrogens (tertiary/aromatic N) is 1. The van der Waals surface area contributed by atoms with Crippen LogP contribution in [0, 0.1) is 62.1 Å². The Labute approximate surface area is 215 Å². The fourth-order valence-corrected chi connectivity index (χ4v) is 9.81. The van der Waals surface area contributed by atoms with Crippen LogP contribution in [0.1, 0.15) is 86.5 Å². The van der Waals surface area contributed by atoms with E-state index >= 15 is 0 Å². The molecule has 194 valence electrons. The van der Waals surface area contributed by atoms with Crippen molar-refractivity contribution in [3.8, 4) is 6.07 Å². The minimum absolute atomic E-state index is 0.0443. The largest absolute Gasteiger partial charge is 0.469 e. The van der Waals surface area contributed by atoms with Crippen molar-refractivity contribution in [2.45, 2.75) is 86.5 Å². The van der Waals surface area contributed by atoms with Gasteiger partial charge in [0.15, 0.2) is 11.6 Å². The summed E-state index contributed by atoms with van der Waals surface area (Å²) in [6, 6.07) is 2.15. The third-order valence-corrected chi connectivity index (χ3v) is 12.1. The molecule has 0 aliphatic heterocycles. The van der Waals surface area contributed by atoms with E-state index in [9.17, 15) is 19.6 Å². The number of fused-ring (bicyclic) bond motifs is 7. The molecule has 0 heterocycles. The van der Waals surface area contributed by atoms with Crippen LogP contribution in [0.4, 0.5) is 0 Å². The molecule has 0 spiro atoms. The highest BCUT2D eigenvalue weighted by Gasteiger charge is 2.70. The monoisotopic (exact) mass is 491 g/mol. The zero-order chi connectivity index (χ0) is 26.5. The Morgan fingerprint density at radius 1 is 1.03 bits per heavy atom. The molecule has 8 atom stereocenters. The summed E-state index contributed by atoms with van der Waals surface area (Å²) in [7, 11) is 1.48. The number of ether oxygens (including phenoxy) is 1. The van der Waals surface area contributed by atoms with Crippen molar-refractivity contribution in [2.24, 2.45) is 50.7 Å². The molecule has 5 aliphatic carbocycles. The van der Waals surface area contributed by atoms with Gasteiger partial charge in [-0.1, -0.05) is 53.2 Å². The van der Waals surface area contributed by atoms with E-state index in [1.807, 2.05) is 19.1 Å². The number of methoxy groups -OCH3 is 1. The molecular weight excluding hydrogens is 450 g/mol. The molecule has 5 rings (SSSR count). The van der Waals surface area contributed by atoms with Gasteiger partial charge in [-0.25, -0.2) is 0 Å². The van der Waals surface area contributed by atoms with E-state index in [1.54, 1.807) is 0 Å². The summed E-state index contributed by atoms with van der Waals surface area (Å²) in [5.74, 6) is -0.522. The van der Waals surface area contributed by atoms with Crippen LogP contribution in [0.5, 0.6) is 0 Å². The van der Waals surface area contributed by atoms with Crippen LogP contribution in [0.15, 0.2) is 23.3 Å². The Hall–Kier alpha value is -2.22. The van der Waals surface area contributed by atoms with Crippen molar-refractivity contribution in [1.82, 2.24) is 0 Å². The topological polar surface area (TPSA) is 84.2 Å². The van der Waals surface area contributed by atoms with Crippen LogP contribution in [0.25, 0.3) is 0 Å². The van der Waals surface area contributed by atoms with E-state index < -0.39 is 10.8 Å². The first-order valence-electron chi connectivity index (χ1n) is 13.7. The van der Waals surface area contributed by atoms with Crippen LogP contribution < -0.4 is 0 Å². The number of carbonyl (C=O) groups excluding carboxylic acids is 3. The number of allylic oxidation sites excluding steroid dienone is 4. The third kappa shape index (κ3) is 2.96. The lowest BCUT2D eigenvalue weighted by Crippen LogP contribution is -2.65. The number of Topliss-reactive ketones (excluding diaryl/α,β-unsaturated/α-hetero) is 1. The predicted molar refractivity (Wildman–Crippen MR) is 136 cm³/mol. The maximum absolute atomic E-state index is 14.3. The van der Waals surface area contributed by atoms with Crippen LogP contribution >= 0.6 is 0 Å². The van der Waals surface area contributed by atoms with Crippen molar-refractivity contribution in [1.29, 1.82) is 5.26 Å². The van der Waals surface area contributed by atoms with Gasteiger partial charge in [0.05, 0.1) is 18.1 Å². The molecule has 5 heteroatoms. The molecule has 0 saturated heterocycles. The average molecular weight is 492 g/mol. The molecule has 0 bridgehead atoms. The van der Waals surface area contributed by atoms with Crippen LogP contribution in [-0.2, 0) is 19.1 Å². The van der Waals surface area contributed by atoms with E-state index in [4.69, 9.17) is 4.74 Å². The molecule has 3 fully saturated rings. The molecule has 0 N–H and O–H groups in total. The first-order chi connectivity index (χ1) is 16.7. The highest BCUT2D eigenvalue weighted by Crippen LogP contribution is 2.73. The van der Waals surface area contributed by atoms with Gasteiger partial charge in [0.1, 0.15) is 6.07 Å². The molecule has 0 aromatic rings. The predicted octanol–water partition coefficient (Wildman–Crippen LogP) is 5.99. The van der Waals surface area contributed by atoms with Crippen molar-refractivity contribution in [2.75, 3.05) is 7.11 Å². The van der Waals surface area contributed by atoms with E-state index in [2.05, 4.69) is 40.7 Å². The van der Waals surface area contributed by atoms with Gasteiger partial charge in [0.25, 0.3) is 0 Å². The Morgan fingerprint density at radius 2 is 1.69 bits per heavy atom. The highest BCUT2D eigenvalue weighted by molar-refractivity contribution is 6.02. The molecule has 5 nitrogen and oxygen atoms in total. The molecule has 0 aromatic carbocycles. The van der Waals surface area contributed by atoms with E-state index in [0.717, 1.165) is 50.5 Å². The number of hydrogen-bond acceptors (Lipinski definition) is 5. The molecule has 0 radical (unpaired) electrons. The molecular formula is C31H41NO4. The van der Waals surface area contributed by atoms with Crippen LogP contribution in [0.2, 0.25) is 0 Å². The van der Waals surface area contributed by atoms with Crippen molar-refractivity contribution >= 4 is 17.5 Å². The van der Waals surface area contributed by atoms with Gasteiger partial charge in [-0.3, -0.25) is 14.4 Å². The summed E-state index contributed by atoms with van der Waals surface area (Å²) in [4.78, 5) is 40.5. The minimum atomic E-state index is -0.591. The molecule has 0 aromatic heterocycles. The summed E-state index contributed by atoms with van der Waals surface area (Å²) < 4.78 is 5.39. The Kier molecular flexibility index (Phi) is 5.40. The smallest absolute Gasteiger partial charge is 0.312 e. The molecule has 3 saturated carbocycles. The number of nitriles is 1. The fourth-order valence-electron chi connectivity index (χ4n) is 9.81. The number of carbonyl (C=O) groups is 3. The van der Waals surface area contributed by atoms with Gasteiger partial charge in [-0.15, -0.1) is 0 Å². The molecule has 0 amide bonds. The number of ketones is 2. The Morgan fingerprint density at radius 3 is 2.33 bits per heavy atom. The maximum atomic E-state index is 14.3. The number of hydrogen-bond donors (Lipinski definition) is 0. The lowest BCUT2D eigenvalue weighted by Gasteiger charge is -2.68. The second-order valence-corrected chi connectivity index (χ2v) is 14.1. The number of esters is 1. The normalized spacial score (nSPS) is 47.2. The van der Waals surface area contributed by atoms with Crippen LogP contribution in [0.3, 0.4) is 0 Å². The van der Waals surface area contributed by atoms with Crippen molar-refractivity contribution in [3.05, 3.63) is 23.3 Å². The van der Waals surface area contributed by atoms with Gasteiger partial charge in [-0.05, 0) is 79.1 Å². The summed E-state index contributed by atoms with van der Waals surface area (Å²) >= 11 is 0. The SMILES string of the molecule is COC(=O)[C@]12CCC(C)(C)C[C@@H]1C1C(=O)C=C3[C@@]4(C)C=C(C#N)C(=O)[C@@H](C)[C@@H]4CC[C@@]3(C)[C@]1(C)CC2. The highest BCUT2D eigenvalue weighted by atomic mass is 16.5. The van der Waals surface area contributed by atoms with E-state index in [0.29, 0.717) is 0 Å². The fraction of sp³-hybridized carbons (Fsp3) is 0.742. The first kappa shape index (κ1) is 25.4. The van der Waals surface area contributed by atoms with Gasteiger partial charge < -0.3 is 4.74 Å². The molecule has 1 unspecified atom stereocenters. The minimum Gasteiger partial charge on any atom is -0.469 e. The molecule has 36 heavy (non-hydrogen) atoms. The van der Waals surface area contributed by atoms with Crippen LogP contribution in [-0.4, -0.2) is 24.6 Å². The zero-order valence-corrected chi connectivity index (χ0v) is 23.0. The van der Waals surface area contributed by atoms with E-state index in [-0.39, 0.29) is 63.0 Å². The second kappa shape index (κ2) is 7.65. The lowest BCUT2D eigenvalue weighted by atomic mass is 9.35. The zero-order valence-electron chi connectivity index (χ0n) is 23.0. The van der Waals surface area contributed by atoms with Gasteiger partial charge in [0, 0.05) is 17.3 Å². The first-order valence-corrected chi connectivity index (χ1v) is 13.7. The number of rotatable bonds is 1. The third-order valence-electron chi connectivity index (χ3n) is 12.1. The van der Waals surface area contributed by atoms with Crippen molar-refractivity contribution < 1.29 is 19.1 Å². The summed E-state index contributed by atoms with van der Waals surface area (Å²) in [5, 5.41) is 9.75. The van der Waals surface area contributed by atoms with Gasteiger partial charge in [-0.2, -0.15) is 5.26 Å². The Bertz CT molecular complexity index is 1160. The Balaban J connectivity index is 1.69. The van der Waals surface area contributed by atoms with Gasteiger partial charge in [0.2, 0.25) is 0 Å².